The number of ether oxygens (including phenoxy) is 2. The van der Waals surface area contributed by atoms with Gasteiger partial charge in [0.15, 0.2) is 0 Å². The average molecular weight is 375 g/mol. The maximum atomic E-state index is 12.4. The van der Waals surface area contributed by atoms with Gasteiger partial charge in [0, 0.05) is 12.5 Å². The molecule has 1 N–H and O–H groups in total. The predicted molar refractivity (Wildman–Crippen MR) is 102 cm³/mol. The number of benzene rings is 1. The molecule has 2 rings (SSSR count). The molecule has 0 fully saturated rings. The molecule has 0 saturated carbocycles. The van der Waals surface area contributed by atoms with Gasteiger partial charge in [0.2, 0.25) is 0 Å². The van der Waals surface area contributed by atoms with Crippen LogP contribution in [0.4, 0.5) is 0 Å². The van der Waals surface area contributed by atoms with E-state index >= 15 is 0 Å². The number of hydrogen-bond donors (Lipinski definition) is 1. The zero-order valence-corrected chi connectivity index (χ0v) is 16.7. The summed E-state index contributed by atoms with van der Waals surface area (Å²) in [5, 5.41) is 9.89. The molecular formula is C21H29NO5. The molecule has 148 valence electrons. The smallest absolute Gasteiger partial charge is 0.328 e. The highest BCUT2D eigenvalue weighted by Crippen LogP contribution is 2.24. The first-order valence-corrected chi connectivity index (χ1v) is 9.17. The van der Waals surface area contributed by atoms with E-state index in [1.165, 1.54) is 18.1 Å². The Kier molecular flexibility index (Phi) is 6.65. The fourth-order valence-corrected chi connectivity index (χ4v) is 3.10. The molecule has 6 nitrogen and oxygen atoms in total. The fourth-order valence-electron chi connectivity index (χ4n) is 3.10. The number of carbonyl (C=O) groups excluding carboxylic acids is 2. The van der Waals surface area contributed by atoms with Crippen molar-refractivity contribution in [2.24, 2.45) is 5.92 Å². The molecule has 0 radical (unpaired) electrons. The zero-order chi connectivity index (χ0) is 20.2. The van der Waals surface area contributed by atoms with Crippen LogP contribution in [0.2, 0.25) is 0 Å². The molecule has 1 aliphatic rings. The van der Waals surface area contributed by atoms with Crippen molar-refractivity contribution in [3.63, 3.8) is 0 Å². The Hall–Kier alpha value is -2.34. The summed E-state index contributed by atoms with van der Waals surface area (Å²) in [7, 11) is 1.33. The molecule has 1 atom stereocenters. The van der Waals surface area contributed by atoms with E-state index in [0.29, 0.717) is 24.4 Å². The standard InChI is InChI=1S/C21H29NO5/c1-14(2)10-18(20(24)26-5)22-13-17(11-19(22)23)27-16-8-6-15(7-9-16)12-21(3,4)25/h6-9,11,14,18,25H,10,12-13H2,1-5H3. The van der Waals surface area contributed by atoms with Crippen LogP contribution in [0, 0.1) is 5.92 Å². The number of hydrogen-bond acceptors (Lipinski definition) is 5. The first-order chi connectivity index (χ1) is 12.6. The molecule has 0 spiro atoms. The van der Waals surface area contributed by atoms with Gasteiger partial charge in [-0.2, -0.15) is 0 Å². The van der Waals surface area contributed by atoms with Gasteiger partial charge in [-0.3, -0.25) is 4.79 Å². The van der Waals surface area contributed by atoms with Crippen LogP contribution in [0.15, 0.2) is 36.1 Å². The maximum Gasteiger partial charge on any atom is 0.328 e. The monoisotopic (exact) mass is 375 g/mol. The van der Waals surface area contributed by atoms with Crippen molar-refractivity contribution in [1.29, 1.82) is 0 Å². The van der Waals surface area contributed by atoms with Crippen LogP contribution in [-0.2, 0) is 20.7 Å². The van der Waals surface area contributed by atoms with Gasteiger partial charge < -0.3 is 19.5 Å². The first kappa shape index (κ1) is 21.0. The minimum absolute atomic E-state index is 0.233. The van der Waals surface area contributed by atoms with Gasteiger partial charge in [-0.05, 0) is 43.9 Å². The van der Waals surface area contributed by atoms with E-state index in [1.54, 1.807) is 26.0 Å². The topological polar surface area (TPSA) is 76.1 Å². The van der Waals surface area contributed by atoms with E-state index in [9.17, 15) is 14.7 Å². The fraction of sp³-hybridized carbons (Fsp3) is 0.524. The second kappa shape index (κ2) is 8.57. The molecule has 0 bridgehead atoms. The van der Waals surface area contributed by atoms with Crippen molar-refractivity contribution >= 4 is 11.9 Å². The van der Waals surface area contributed by atoms with Crippen molar-refractivity contribution in [3.8, 4) is 5.75 Å². The van der Waals surface area contributed by atoms with Crippen LogP contribution in [-0.4, -0.2) is 47.2 Å². The van der Waals surface area contributed by atoms with E-state index in [0.717, 1.165) is 5.56 Å². The summed E-state index contributed by atoms with van der Waals surface area (Å²) in [5.74, 6) is 0.680. The van der Waals surface area contributed by atoms with Crippen molar-refractivity contribution < 1.29 is 24.2 Å². The second-order valence-corrected chi connectivity index (χ2v) is 7.98. The van der Waals surface area contributed by atoms with E-state index in [1.807, 2.05) is 26.0 Å². The maximum absolute atomic E-state index is 12.4. The van der Waals surface area contributed by atoms with E-state index in [4.69, 9.17) is 9.47 Å². The predicted octanol–water partition coefficient (Wildman–Crippen LogP) is 2.69. The normalized spacial score (nSPS) is 15.7. The Morgan fingerprint density at radius 1 is 1.26 bits per heavy atom. The molecule has 0 saturated heterocycles. The second-order valence-electron chi connectivity index (χ2n) is 7.98. The van der Waals surface area contributed by atoms with Crippen molar-refractivity contribution in [3.05, 3.63) is 41.7 Å². The average Bonchev–Trinajstić information content (AvgIpc) is 2.92. The molecule has 1 amide bonds. The summed E-state index contributed by atoms with van der Waals surface area (Å²) < 4.78 is 10.7. The lowest BCUT2D eigenvalue weighted by Gasteiger charge is -2.27. The lowest BCUT2D eigenvalue weighted by molar-refractivity contribution is -0.151. The molecule has 1 unspecified atom stereocenters. The van der Waals surface area contributed by atoms with Crippen LogP contribution in [0.1, 0.15) is 39.7 Å². The van der Waals surface area contributed by atoms with Gasteiger partial charge in [0.05, 0.1) is 19.3 Å². The van der Waals surface area contributed by atoms with Gasteiger partial charge in [-0.15, -0.1) is 0 Å². The number of methoxy groups -OCH3 is 1. The third-order valence-electron chi connectivity index (χ3n) is 4.25. The molecule has 0 aromatic heterocycles. The van der Waals surface area contributed by atoms with Gasteiger partial charge in [-0.1, -0.05) is 26.0 Å². The molecule has 0 aliphatic carbocycles. The number of aliphatic hydroxyl groups is 1. The highest BCUT2D eigenvalue weighted by Gasteiger charge is 2.35. The van der Waals surface area contributed by atoms with Crippen molar-refractivity contribution in [2.45, 2.75) is 52.2 Å². The molecule has 1 aromatic rings. The number of nitrogens with zero attached hydrogens (tertiary/aromatic N) is 1. The van der Waals surface area contributed by atoms with Crippen LogP contribution in [0.3, 0.4) is 0 Å². The number of amides is 1. The molecule has 6 heteroatoms. The van der Waals surface area contributed by atoms with Gasteiger partial charge in [0.1, 0.15) is 17.6 Å². The largest absolute Gasteiger partial charge is 0.467 e. The summed E-state index contributed by atoms with van der Waals surface area (Å²) in [6.45, 7) is 7.75. The minimum atomic E-state index is -0.775. The Labute approximate surface area is 160 Å². The summed E-state index contributed by atoms with van der Waals surface area (Å²) >= 11 is 0. The van der Waals surface area contributed by atoms with Crippen molar-refractivity contribution in [2.75, 3.05) is 13.7 Å². The van der Waals surface area contributed by atoms with Crippen LogP contribution in [0.5, 0.6) is 5.75 Å². The Bertz CT molecular complexity index is 700. The molecule has 1 aliphatic heterocycles. The Morgan fingerprint density at radius 3 is 2.41 bits per heavy atom. The van der Waals surface area contributed by atoms with E-state index in [2.05, 4.69) is 0 Å². The molecule has 1 aromatic carbocycles. The summed E-state index contributed by atoms with van der Waals surface area (Å²) in [4.78, 5) is 25.9. The molecule has 27 heavy (non-hydrogen) atoms. The third-order valence-corrected chi connectivity index (χ3v) is 4.25. The highest BCUT2D eigenvalue weighted by atomic mass is 16.5. The van der Waals surface area contributed by atoms with Crippen molar-refractivity contribution in [1.82, 2.24) is 4.90 Å². The van der Waals surface area contributed by atoms with Gasteiger partial charge >= 0.3 is 5.97 Å². The SMILES string of the molecule is COC(=O)C(CC(C)C)N1CC(Oc2ccc(CC(C)(C)O)cc2)=CC1=O. The van der Waals surface area contributed by atoms with Crippen LogP contribution >= 0.6 is 0 Å². The van der Waals surface area contributed by atoms with E-state index < -0.39 is 17.6 Å². The molecular weight excluding hydrogens is 346 g/mol. The first-order valence-electron chi connectivity index (χ1n) is 9.17. The summed E-state index contributed by atoms with van der Waals surface area (Å²) in [6, 6.07) is 6.77. The summed E-state index contributed by atoms with van der Waals surface area (Å²) in [6.07, 6.45) is 2.49. The van der Waals surface area contributed by atoms with Crippen LogP contribution in [0.25, 0.3) is 0 Å². The lowest BCUT2D eigenvalue weighted by Crippen LogP contribution is -2.44. The summed E-state index contributed by atoms with van der Waals surface area (Å²) in [5.41, 5.74) is 0.221. The van der Waals surface area contributed by atoms with E-state index in [-0.39, 0.29) is 18.4 Å². The highest BCUT2D eigenvalue weighted by molar-refractivity contribution is 5.94. The Morgan fingerprint density at radius 2 is 1.89 bits per heavy atom. The Balaban J connectivity index is 2.03. The quantitative estimate of drug-likeness (QED) is 0.707. The third kappa shape index (κ3) is 6.10. The zero-order valence-electron chi connectivity index (χ0n) is 16.7. The minimum Gasteiger partial charge on any atom is -0.467 e. The number of rotatable bonds is 8. The van der Waals surface area contributed by atoms with Crippen LogP contribution < -0.4 is 4.74 Å². The van der Waals surface area contributed by atoms with Gasteiger partial charge in [0.25, 0.3) is 5.91 Å². The van der Waals surface area contributed by atoms with Gasteiger partial charge in [-0.25, -0.2) is 4.79 Å². The lowest BCUT2D eigenvalue weighted by atomic mass is 9.99. The molecule has 1 heterocycles. The number of carbonyl (C=O) groups is 2. The number of esters is 1.